The molecular weight excluding hydrogens is 392 g/mol. The highest BCUT2D eigenvalue weighted by molar-refractivity contribution is 7.91. The number of imide groups is 1. The number of carbonyl (C=O) groups is 2. The number of hydrogen-bond acceptors (Lipinski definition) is 6. The van der Waals surface area contributed by atoms with E-state index in [0.29, 0.717) is 28.8 Å². The molecule has 2 aromatic rings. The number of sulfone groups is 1. The highest BCUT2D eigenvalue weighted by Crippen LogP contribution is 2.29. The van der Waals surface area contributed by atoms with Crippen molar-refractivity contribution in [3.8, 4) is 0 Å². The van der Waals surface area contributed by atoms with E-state index < -0.39 is 21.7 Å². The molecule has 1 aromatic heterocycles. The Labute approximate surface area is 160 Å². The van der Waals surface area contributed by atoms with Crippen LogP contribution in [0, 0.1) is 6.92 Å². The molecule has 3 heterocycles. The summed E-state index contributed by atoms with van der Waals surface area (Å²) in [6, 6.07) is 6.17. The van der Waals surface area contributed by atoms with Crippen molar-refractivity contribution in [1.29, 1.82) is 0 Å². The van der Waals surface area contributed by atoms with E-state index in [9.17, 15) is 18.0 Å². The van der Waals surface area contributed by atoms with E-state index in [-0.39, 0.29) is 22.7 Å². The van der Waals surface area contributed by atoms with E-state index in [0.717, 1.165) is 5.01 Å². The lowest BCUT2D eigenvalue weighted by Gasteiger charge is -2.09. The summed E-state index contributed by atoms with van der Waals surface area (Å²) < 4.78 is 24.9. The Kier molecular flexibility index (Phi) is 4.15. The van der Waals surface area contributed by atoms with E-state index in [2.05, 4.69) is 10.2 Å². The maximum Gasteiger partial charge on any atom is 0.282 e. The van der Waals surface area contributed by atoms with Gasteiger partial charge in [-0.1, -0.05) is 23.7 Å². The van der Waals surface area contributed by atoms with Crippen molar-refractivity contribution in [2.24, 2.45) is 5.10 Å². The van der Waals surface area contributed by atoms with Crippen LogP contribution in [0.2, 0.25) is 5.15 Å². The van der Waals surface area contributed by atoms with E-state index in [4.69, 9.17) is 11.6 Å². The van der Waals surface area contributed by atoms with Gasteiger partial charge in [-0.3, -0.25) is 9.59 Å². The molecule has 10 heteroatoms. The Balaban J connectivity index is 1.63. The highest BCUT2D eigenvalue weighted by Gasteiger charge is 2.35. The molecule has 27 heavy (non-hydrogen) atoms. The number of hydrogen-bond donors (Lipinski definition) is 0. The number of aromatic nitrogens is 2. The lowest BCUT2D eigenvalue weighted by Crippen LogP contribution is -2.24. The number of benzene rings is 1. The number of hydrazone groups is 1. The van der Waals surface area contributed by atoms with Gasteiger partial charge in [-0.05, 0) is 25.5 Å². The maximum atomic E-state index is 12.4. The van der Waals surface area contributed by atoms with Crippen LogP contribution in [0.25, 0.3) is 0 Å². The topological polar surface area (TPSA) is 102 Å². The first-order valence-corrected chi connectivity index (χ1v) is 10.5. The van der Waals surface area contributed by atoms with E-state index in [1.165, 1.54) is 10.9 Å². The van der Waals surface area contributed by atoms with Crippen LogP contribution >= 0.6 is 11.6 Å². The highest BCUT2D eigenvalue weighted by atomic mass is 35.5. The van der Waals surface area contributed by atoms with Gasteiger partial charge in [0.05, 0.1) is 46.1 Å². The molecule has 0 N–H and O–H groups in total. The average molecular weight is 407 g/mol. The van der Waals surface area contributed by atoms with Crippen molar-refractivity contribution in [1.82, 2.24) is 14.8 Å². The molecule has 0 unspecified atom stereocenters. The van der Waals surface area contributed by atoms with E-state index in [1.807, 2.05) is 0 Å². The molecule has 1 fully saturated rings. The normalized spacial score (nSPS) is 21.4. The Hall–Kier alpha value is -2.52. The minimum atomic E-state index is -3.09. The van der Waals surface area contributed by atoms with Gasteiger partial charge in [0, 0.05) is 0 Å². The van der Waals surface area contributed by atoms with Crippen LogP contribution in [0.1, 0.15) is 44.4 Å². The fourth-order valence-corrected chi connectivity index (χ4v) is 5.34. The van der Waals surface area contributed by atoms with Gasteiger partial charge in [-0.15, -0.1) is 0 Å². The number of aryl methyl sites for hydroxylation is 1. The molecule has 0 radical (unpaired) electrons. The zero-order chi connectivity index (χ0) is 19.3. The second-order valence-electron chi connectivity index (χ2n) is 6.50. The lowest BCUT2D eigenvalue weighted by molar-refractivity contribution is 0.0660. The SMILES string of the molecule is Cc1nn([C@H]2CCS(=O)(=O)C2)c(Cl)c1/C=N\N1C(=O)c2ccccc2C1=O. The number of amides is 2. The van der Waals surface area contributed by atoms with Gasteiger partial charge in [0.25, 0.3) is 11.8 Å². The van der Waals surface area contributed by atoms with Crippen LogP contribution < -0.4 is 0 Å². The second kappa shape index (κ2) is 6.28. The predicted molar refractivity (Wildman–Crippen MR) is 98.8 cm³/mol. The summed E-state index contributed by atoms with van der Waals surface area (Å²) in [5.74, 6) is -0.918. The second-order valence-corrected chi connectivity index (χ2v) is 9.09. The number of carbonyl (C=O) groups excluding carboxylic acids is 2. The van der Waals surface area contributed by atoms with Crippen molar-refractivity contribution in [2.45, 2.75) is 19.4 Å². The molecule has 0 aliphatic carbocycles. The molecule has 140 valence electrons. The van der Waals surface area contributed by atoms with Gasteiger partial charge in [-0.2, -0.15) is 15.2 Å². The van der Waals surface area contributed by atoms with Crippen LogP contribution in [-0.4, -0.2) is 52.7 Å². The third-order valence-corrected chi connectivity index (χ3v) is 6.83. The monoisotopic (exact) mass is 406 g/mol. The summed E-state index contributed by atoms with van der Waals surface area (Å²) in [6.07, 6.45) is 1.75. The van der Waals surface area contributed by atoms with Gasteiger partial charge in [0.15, 0.2) is 9.84 Å². The van der Waals surface area contributed by atoms with Crippen molar-refractivity contribution in [2.75, 3.05) is 11.5 Å². The number of halogens is 1. The summed E-state index contributed by atoms with van der Waals surface area (Å²) in [4.78, 5) is 24.7. The number of rotatable bonds is 3. The summed E-state index contributed by atoms with van der Waals surface area (Å²) in [5, 5.41) is 9.36. The van der Waals surface area contributed by atoms with Gasteiger partial charge in [-0.25, -0.2) is 13.1 Å². The molecular formula is C17H15ClN4O4S. The third kappa shape index (κ3) is 2.96. The zero-order valence-corrected chi connectivity index (χ0v) is 15.9. The molecule has 8 nitrogen and oxygen atoms in total. The molecule has 2 aliphatic rings. The Morgan fingerprint density at radius 3 is 2.41 bits per heavy atom. The fourth-order valence-electron chi connectivity index (χ4n) is 3.29. The molecule has 0 spiro atoms. The van der Waals surface area contributed by atoms with Crippen LogP contribution in [0.3, 0.4) is 0 Å². The van der Waals surface area contributed by atoms with Crippen LogP contribution in [0.4, 0.5) is 0 Å². The quantitative estimate of drug-likeness (QED) is 0.571. The summed E-state index contributed by atoms with van der Waals surface area (Å²) >= 11 is 6.38. The Bertz CT molecular complexity index is 1070. The minimum absolute atomic E-state index is 0.0111. The van der Waals surface area contributed by atoms with Crippen molar-refractivity contribution < 1.29 is 18.0 Å². The van der Waals surface area contributed by atoms with Gasteiger partial charge < -0.3 is 0 Å². The number of fused-ring (bicyclic) bond motifs is 1. The average Bonchev–Trinajstić information content (AvgIpc) is 3.21. The first-order chi connectivity index (χ1) is 12.8. The zero-order valence-electron chi connectivity index (χ0n) is 14.3. The summed E-state index contributed by atoms with van der Waals surface area (Å²) in [6.45, 7) is 1.70. The molecule has 2 amide bonds. The maximum absolute atomic E-state index is 12.4. The molecule has 0 saturated carbocycles. The Morgan fingerprint density at radius 1 is 1.22 bits per heavy atom. The largest absolute Gasteiger partial charge is 0.282 e. The fraction of sp³-hybridized carbons (Fsp3) is 0.294. The lowest BCUT2D eigenvalue weighted by atomic mass is 10.1. The minimum Gasteiger partial charge on any atom is -0.267 e. The van der Waals surface area contributed by atoms with Crippen molar-refractivity contribution in [3.05, 3.63) is 51.8 Å². The van der Waals surface area contributed by atoms with E-state index >= 15 is 0 Å². The molecule has 1 saturated heterocycles. The summed E-state index contributed by atoms with van der Waals surface area (Å²) in [7, 11) is -3.09. The first kappa shape index (κ1) is 17.9. The van der Waals surface area contributed by atoms with Crippen molar-refractivity contribution in [3.63, 3.8) is 0 Å². The Morgan fingerprint density at radius 2 is 1.85 bits per heavy atom. The predicted octanol–water partition coefficient (Wildman–Crippen LogP) is 1.83. The molecule has 2 aliphatic heterocycles. The van der Waals surface area contributed by atoms with Gasteiger partial charge in [0.1, 0.15) is 5.15 Å². The van der Waals surface area contributed by atoms with Crippen LogP contribution in [0.15, 0.2) is 29.4 Å². The van der Waals surface area contributed by atoms with Crippen LogP contribution in [-0.2, 0) is 9.84 Å². The molecule has 4 rings (SSSR count). The van der Waals surface area contributed by atoms with Gasteiger partial charge >= 0.3 is 0 Å². The van der Waals surface area contributed by atoms with Gasteiger partial charge in [0.2, 0.25) is 0 Å². The molecule has 1 atom stereocenters. The molecule has 1 aromatic carbocycles. The number of nitrogens with zero attached hydrogens (tertiary/aromatic N) is 4. The summed E-state index contributed by atoms with van der Waals surface area (Å²) in [5.41, 5.74) is 1.57. The van der Waals surface area contributed by atoms with Crippen LogP contribution in [0.5, 0.6) is 0 Å². The smallest absolute Gasteiger partial charge is 0.267 e. The van der Waals surface area contributed by atoms with E-state index in [1.54, 1.807) is 31.2 Å². The standard InChI is InChI=1S/C17H15ClN4O4S/c1-10-14(15(18)21(20-10)11-6-7-27(25,26)9-11)8-19-22-16(23)12-4-2-3-5-13(12)17(22)24/h2-5,8,11H,6-7,9H2,1H3/b19-8-/t11-/m0/s1. The first-order valence-electron chi connectivity index (χ1n) is 8.25. The molecule has 0 bridgehead atoms. The third-order valence-electron chi connectivity index (χ3n) is 4.70. The van der Waals surface area contributed by atoms with Crippen molar-refractivity contribution >= 4 is 39.5 Å².